The van der Waals surface area contributed by atoms with Gasteiger partial charge in [-0.3, -0.25) is 4.79 Å². The molecule has 0 saturated carbocycles. The van der Waals surface area contributed by atoms with Crippen LogP contribution in [0.5, 0.6) is 5.75 Å². The lowest BCUT2D eigenvalue weighted by Gasteiger charge is -2.22. The number of methoxy groups -OCH3 is 1. The first-order chi connectivity index (χ1) is 15.1. The van der Waals surface area contributed by atoms with E-state index in [0.717, 1.165) is 36.1 Å². The zero-order valence-corrected chi connectivity index (χ0v) is 18.2. The SMILES string of the molecule is COc1ccc(-c2ccc(S(=O)N3CC=C(C(=O)NOC4CCCCO4)C3)cc2)cc1. The highest BCUT2D eigenvalue weighted by molar-refractivity contribution is 7.82. The molecule has 2 aromatic rings. The molecule has 8 heteroatoms. The second kappa shape index (κ2) is 10.2. The molecule has 164 valence electrons. The van der Waals surface area contributed by atoms with Gasteiger partial charge in [0.2, 0.25) is 0 Å². The zero-order valence-electron chi connectivity index (χ0n) is 17.4. The molecule has 0 spiro atoms. The van der Waals surface area contributed by atoms with Gasteiger partial charge < -0.3 is 9.47 Å². The highest BCUT2D eigenvalue weighted by Gasteiger charge is 2.25. The molecule has 7 nitrogen and oxygen atoms in total. The van der Waals surface area contributed by atoms with Crippen LogP contribution in [0.2, 0.25) is 0 Å². The predicted molar refractivity (Wildman–Crippen MR) is 117 cm³/mol. The summed E-state index contributed by atoms with van der Waals surface area (Å²) in [5.74, 6) is 0.489. The summed E-state index contributed by atoms with van der Waals surface area (Å²) in [5.41, 5.74) is 5.09. The number of nitrogens with one attached hydrogen (secondary N) is 1. The fourth-order valence-corrected chi connectivity index (χ4v) is 4.64. The van der Waals surface area contributed by atoms with Crippen molar-refractivity contribution in [2.45, 2.75) is 30.4 Å². The van der Waals surface area contributed by atoms with Gasteiger partial charge in [-0.1, -0.05) is 30.3 Å². The molecule has 1 fully saturated rings. The third kappa shape index (κ3) is 5.40. The third-order valence-corrected chi connectivity index (χ3v) is 6.74. The van der Waals surface area contributed by atoms with Crippen molar-refractivity contribution in [3.63, 3.8) is 0 Å². The molecule has 2 aliphatic rings. The van der Waals surface area contributed by atoms with Crippen molar-refractivity contribution >= 4 is 16.9 Å². The van der Waals surface area contributed by atoms with Crippen LogP contribution in [0, 0.1) is 0 Å². The summed E-state index contributed by atoms with van der Waals surface area (Å²) in [7, 11) is 0.280. The van der Waals surface area contributed by atoms with Gasteiger partial charge in [-0.25, -0.2) is 18.8 Å². The Bertz CT molecular complexity index is 953. The molecule has 1 amide bonds. The Labute approximate surface area is 184 Å². The summed E-state index contributed by atoms with van der Waals surface area (Å²) in [4.78, 5) is 18.4. The van der Waals surface area contributed by atoms with Gasteiger partial charge in [0, 0.05) is 31.7 Å². The van der Waals surface area contributed by atoms with Crippen LogP contribution >= 0.6 is 0 Å². The van der Waals surface area contributed by atoms with E-state index >= 15 is 0 Å². The fourth-order valence-electron chi connectivity index (χ4n) is 3.51. The van der Waals surface area contributed by atoms with Crippen LogP contribution in [0.1, 0.15) is 19.3 Å². The molecule has 31 heavy (non-hydrogen) atoms. The maximum Gasteiger partial charge on any atom is 0.271 e. The van der Waals surface area contributed by atoms with E-state index in [9.17, 15) is 9.00 Å². The van der Waals surface area contributed by atoms with E-state index < -0.39 is 17.3 Å². The third-order valence-electron chi connectivity index (χ3n) is 5.31. The van der Waals surface area contributed by atoms with Crippen molar-refractivity contribution < 1.29 is 23.3 Å². The van der Waals surface area contributed by atoms with Crippen LogP contribution in [0.4, 0.5) is 0 Å². The molecule has 1 N–H and O–H groups in total. The van der Waals surface area contributed by atoms with E-state index in [-0.39, 0.29) is 5.91 Å². The molecule has 0 aromatic heterocycles. The summed E-state index contributed by atoms with van der Waals surface area (Å²) in [5, 5.41) is 0. The summed E-state index contributed by atoms with van der Waals surface area (Å²) in [6.45, 7) is 1.39. The second-order valence-corrected chi connectivity index (χ2v) is 8.89. The first-order valence-electron chi connectivity index (χ1n) is 10.3. The molecule has 0 bridgehead atoms. The monoisotopic (exact) mass is 442 g/mol. The summed E-state index contributed by atoms with van der Waals surface area (Å²) in [6.07, 6.45) is 4.19. The van der Waals surface area contributed by atoms with Gasteiger partial charge in [0.25, 0.3) is 5.91 Å². The maximum absolute atomic E-state index is 13.0. The van der Waals surface area contributed by atoms with Crippen LogP contribution in [0.3, 0.4) is 0 Å². The average Bonchev–Trinajstić information content (AvgIpc) is 3.33. The quantitative estimate of drug-likeness (QED) is 0.667. The normalized spacial score (nSPS) is 20.2. The lowest BCUT2D eigenvalue weighted by molar-refractivity contribution is -0.198. The molecule has 4 rings (SSSR count). The standard InChI is InChI=1S/C23H26N2O5S/c1-28-20-9-5-17(6-10-20)18-7-11-21(12-8-18)31(27)25-14-13-19(16-25)23(26)24-30-22-4-2-3-15-29-22/h5-13,22H,2-4,14-16H2,1H3,(H,24,26). The molecule has 2 atom stereocenters. The average molecular weight is 443 g/mol. The largest absolute Gasteiger partial charge is 0.497 e. The minimum atomic E-state index is -1.36. The first-order valence-corrected chi connectivity index (χ1v) is 11.4. The number of rotatable bonds is 7. The second-order valence-electron chi connectivity index (χ2n) is 7.40. The van der Waals surface area contributed by atoms with Crippen molar-refractivity contribution in [1.29, 1.82) is 0 Å². The predicted octanol–water partition coefficient (Wildman–Crippen LogP) is 3.20. The van der Waals surface area contributed by atoms with Crippen molar-refractivity contribution in [2.75, 3.05) is 26.8 Å². The number of hydroxylamine groups is 1. The van der Waals surface area contributed by atoms with Gasteiger partial charge >= 0.3 is 0 Å². The Morgan fingerprint density at radius 3 is 2.45 bits per heavy atom. The number of ether oxygens (including phenoxy) is 2. The van der Waals surface area contributed by atoms with Gasteiger partial charge in [-0.15, -0.1) is 0 Å². The molecule has 0 radical (unpaired) electrons. The number of carbonyl (C=O) groups is 1. The summed E-state index contributed by atoms with van der Waals surface area (Å²) < 4.78 is 25.3. The van der Waals surface area contributed by atoms with Gasteiger partial charge in [0.15, 0.2) is 6.29 Å². The Balaban J connectivity index is 1.31. The number of hydrogen-bond acceptors (Lipinski definition) is 5. The van der Waals surface area contributed by atoms with Crippen molar-refractivity contribution in [2.24, 2.45) is 0 Å². The van der Waals surface area contributed by atoms with Gasteiger partial charge in [-0.05, 0) is 48.2 Å². The molecular weight excluding hydrogens is 416 g/mol. The van der Waals surface area contributed by atoms with E-state index in [0.29, 0.717) is 30.2 Å². The van der Waals surface area contributed by atoms with E-state index in [1.165, 1.54) is 0 Å². The highest BCUT2D eigenvalue weighted by atomic mass is 32.2. The zero-order chi connectivity index (χ0) is 21.6. The molecular formula is C23H26N2O5S. The summed E-state index contributed by atoms with van der Waals surface area (Å²) >= 11 is 0. The molecule has 2 aromatic carbocycles. The number of amides is 1. The van der Waals surface area contributed by atoms with Crippen LogP contribution in [-0.4, -0.2) is 47.5 Å². The van der Waals surface area contributed by atoms with Crippen LogP contribution < -0.4 is 10.2 Å². The first kappa shape index (κ1) is 21.7. The Hall–Kier alpha value is -2.52. The highest BCUT2D eigenvalue weighted by Crippen LogP contribution is 2.25. The topological polar surface area (TPSA) is 77.1 Å². The van der Waals surface area contributed by atoms with E-state index in [1.807, 2.05) is 48.5 Å². The van der Waals surface area contributed by atoms with Gasteiger partial charge in [0.1, 0.15) is 16.7 Å². The molecule has 2 unspecified atom stereocenters. The number of hydrogen-bond donors (Lipinski definition) is 1. The van der Waals surface area contributed by atoms with Gasteiger partial charge in [0.05, 0.1) is 12.0 Å². The van der Waals surface area contributed by atoms with Crippen molar-refractivity contribution in [3.05, 3.63) is 60.2 Å². The fraction of sp³-hybridized carbons (Fsp3) is 0.348. The van der Waals surface area contributed by atoms with Crippen LogP contribution in [0.15, 0.2) is 65.1 Å². The molecule has 2 aliphatic heterocycles. The Kier molecular flexibility index (Phi) is 7.14. The van der Waals surface area contributed by atoms with E-state index in [2.05, 4.69) is 5.48 Å². The number of benzene rings is 2. The summed E-state index contributed by atoms with van der Waals surface area (Å²) in [6, 6.07) is 15.4. The maximum atomic E-state index is 13.0. The lowest BCUT2D eigenvalue weighted by Crippen LogP contribution is -2.35. The smallest absolute Gasteiger partial charge is 0.271 e. The van der Waals surface area contributed by atoms with Crippen LogP contribution in [-0.2, 0) is 25.4 Å². The van der Waals surface area contributed by atoms with Crippen molar-refractivity contribution in [3.8, 4) is 16.9 Å². The van der Waals surface area contributed by atoms with Crippen molar-refractivity contribution in [1.82, 2.24) is 9.79 Å². The van der Waals surface area contributed by atoms with E-state index in [4.69, 9.17) is 14.3 Å². The molecule has 1 saturated heterocycles. The van der Waals surface area contributed by atoms with Gasteiger partial charge in [-0.2, -0.15) is 0 Å². The minimum Gasteiger partial charge on any atom is -0.497 e. The Morgan fingerprint density at radius 2 is 1.81 bits per heavy atom. The molecule has 0 aliphatic carbocycles. The van der Waals surface area contributed by atoms with Crippen LogP contribution in [0.25, 0.3) is 11.1 Å². The Morgan fingerprint density at radius 1 is 1.10 bits per heavy atom. The lowest BCUT2D eigenvalue weighted by atomic mass is 10.1. The number of carbonyl (C=O) groups excluding carboxylic acids is 1. The van der Waals surface area contributed by atoms with E-state index in [1.54, 1.807) is 17.5 Å². The molecule has 2 heterocycles. The minimum absolute atomic E-state index is 0.299. The number of nitrogens with zero attached hydrogens (tertiary/aromatic N) is 1.